The molecule has 23 heavy (non-hydrogen) atoms. The number of carbonyl (C=O) groups excluding carboxylic acids is 2. The van der Waals surface area contributed by atoms with Crippen LogP contribution in [0.25, 0.3) is 0 Å². The van der Waals surface area contributed by atoms with Crippen LogP contribution in [-0.2, 0) is 14.3 Å². The average molecular weight is 395 g/mol. The number of anilines is 1. The van der Waals surface area contributed by atoms with Crippen molar-refractivity contribution >= 4 is 45.3 Å². The van der Waals surface area contributed by atoms with Crippen LogP contribution >= 0.6 is 27.7 Å². The smallest absolute Gasteiger partial charge is 0.306 e. The van der Waals surface area contributed by atoms with Gasteiger partial charge in [-0.15, -0.1) is 0 Å². The highest BCUT2D eigenvalue weighted by Gasteiger charge is 2.16. The maximum absolute atomic E-state index is 11.8. The first kappa shape index (κ1) is 17.6. The van der Waals surface area contributed by atoms with Crippen molar-refractivity contribution < 1.29 is 14.3 Å². The molecule has 0 aromatic heterocycles. The third-order valence-corrected chi connectivity index (χ3v) is 4.52. The zero-order valence-electron chi connectivity index (χ0n) is 12.3. The van der Waals surface area contributed by atoms with E-state index < -0.39 is 5.91 Å². The largest absolute Gasteiger partial charge is 0.456 e. The third-order valence-electron chi connectivity index (χ3n) is 3.28. The quantitative estimate of drug-likeness (QED) is 0.343. The summed E-state index contributed by atoms with van der Waals surface area (Å²) < 4.78 is 5.65. The van der Waals surface area contributed by atoms with Crippen molar-refractivity contribution in [2.24, 2.45) is 5.92 Å². The van der Waals surface area contributed by atoms with Crippen LogP contribution in [0.2, 0.25) is 0 Å². The number of nitrogens with one attached hydrogen (secondary N) is 1. The number of rotatable bonds is 6. The highest BCUT2D eigenvalue weighted by molar-refractivity contribution is 9.10. The molecular weight excluding hydrogens is 380 g/mol. The summed E-state index contributed by atoms with van der Waals surface area (Å²) in [7, 11) is 0. The topological polar surface area (TPSA) is 79.2 Å². The molecule has 0 fully saturated rings. The second-order valence-electron chi connectivity index (χ2n) is 5.01. The summed E-state index contributed by atoms with van der Waals surface area (Å²) in [5.74, 6) is -0.539. The first-order chi connectivity index (χ1) is 11.1. The van der Waals surface area contributed by atoms with Gasteiger partial charge in [-0.2, -0.15) is 5.26 Å². The van der Waals surface area contributed by atoms with Gasteiger partial charge in [0.1, 0.15) is 5.40 Å². The number of carbonyl (C=O) groups is 2. The molecule has 0 saturated carbocycles. The fourth-order valence-electron chi connectivity index (χ4n) is 2.18. The highest BCUT2D eigenvalue weighted by atomic mass is 79.9. The second kappa shape index (κ2) is 8.75. The van der Waals surface area contributed by atoms with Crippen molar-refractivity contribution in [3.63, 3.8) is 0 Å². The molecule has 0 radical (unpaired) electrons. The molecule has 7 heteroatoms. The van der Waals surface area contributed by atoms with E-state index in [9.17, 15) is 9.59 Å². The molecule has 1 amide bonds. The van der Waals surface area contributed by atoms with Gasteiger partial charge in [0.2, 0.25) is 0 Å². The normalized spacial score (nSPS) is 15.9. The van der Waals surface area contributed by atoms with Crippen LogP contribution in [0.5, 0.6) is 0 Å². The number of hydrogen-bond donors (Lipinski definition) is 1. The van der Waals surface area contributed by atoms with Gasteiger partial charge in [-0.05, 0) is 64.7 Å². The minimum atomic E-state index is -0.401. The van der Waals surface area contributed by atoms with Gasteiger partial charge in [-0.3, -0.25) is 9.59 Å². The van der Waals surface area contributed by atoms with Gasteiger partial charge >= 0.3 is 5.97 Å². The van der Waals surface area contributed by atoms with Gasteiger partial charge in [-0.25, -0.2) is 0 Å². The minimum absolute atomic E-state index is 0.227. The molecule has 0 heterocycles. The molecule has 1 aliphatic rings. The summed E-state index contributed by atoms with van der Waals surface area (Å²) >= 11 is 4.37. The predicted molar refractivity (Wildman–Crippen MR) is 91.7 cm³/mol. The number of esters is 1. The molecule has 1 N–H and O–H groups in total. The molecule has 1 aromatic carbocycles. The number of thiocyanates is 1. The van der Waals surface area contributed by atoms with Crippen molar-refractivity contribution in [2.45, 2.75) is 24.2 Å². The molecule has 0 bridgehead atoms. The molecule has 0 aliphatic heterocycles. The van der Waals surface area contributed by atoms with E-state index in [1.165, 1.54) is 0 Å². The molecule has 0 unspecified atom stereocenters. The Morgan fingerprint density at radius 2 is 2.30 bits per heavy atom. The molecule has 0 spiro atoms. The highest BCUT2D eigenvalue weighted by Crippen LogP contribution is 2.28. The van der Waals surface area contributed by atoms with Crippen LogP contribution in [0.3, 0.4) is 0 Å². The van der Waals surface area contributed by atoms with Crippen molar-refractivity contribution in [3.8, 4) is 5.40 Å². The number of benzene rings is 1. The van der Waals surface area contributed by atoms with E-state index in [-0.39, 0.29) is 18.5 Å². The first-order valence-electron chi connectivity index (χ1n) is 7.06. The SMILES string of the molecule is N#CSc1ccc(NC(=O)COC(=O)C[C@H]2C=CCC2)c(Br)c1. The summed E-state index contributed by atoms with van der Waals surface area (Å²) in [5, 5.41) is 13.3. The summed E-state index contributed by atoms with van der Waals surface area (Å²) in [6.45, 7) is -0.309. The molecule has 2 rings (SSSR count). The lowest BCUT2D eigenvalue weighted by atomic mass is 10.1. The Morgan fingerprint density at radius 3 is 2.96 bits per heavy atom. The minimum Gasteiger partial charge on any atom is -0.456 e. The van der Waals surface area contributed by atoms with Crippen molar-refractivity contribution in [3.05, 3.63) is 34.8 Å². The maximum Gasteiger partial charge on any atom is 0.306 e. The average Bonchev–Trinajstić information content (AvgIpc) is 3.01. The van der Waals surface area contributed by atoms with Crippen LogP contribution in [-0.4, -0.2) is 18.5 Å². The number of nitriles is 1. The number of nitrogens with zero attached hydrogens (tertiary/aromatic N) is 1. The summed E-state index contributed by atoms with van der Waals surface area (Å²) in [5.41, 5.74) is 0.562. The molecule has 0 saturated heterocycles. The Morgan fingerprint density at radius 1 is 1.48 bits per heavy atom. The van der Waals surface area contributed by atoms with Gasteiger partial charge in [0.15, 0.2) is 6.61 Å². The van der Waals surface area contributed by atoms with E-state index in [2.05, 4.69) is 27.3 Å². The van der Waals surface area contributed by atoms with Crippen LogP contribution in [0, 0.1) is 16.6 Å². The predicted octanol–water partition coefficient (Wildman–Crippen LogP) is 3.86. The molecule has 5 nitrogen and oxygen atoms in total. The van der Waals surface area contributed by atoms with Crippen LogP contribution in [0.4, 0.5) is 5.69 Å². The van der Waals surface area contributed by atoms with Crippen LogP contribution in [0.1, 0.15) is 19.3 Å². The van der Waals surface area contributed by atoms with E-state index in [1.807, 2.05) is 11.5 Å². The first-order valence-corrected chi connectivity index (χ1v) is 8.67. The van der Waals surface area contributed by atoms with Gasteiger partial charge in [0.25, 0.3) is 5.91 Å². The maximum atomic E-state index is 11.8. The lowest BCUT2D eigenvalue weighted by molar-refractivity contribution is -0.147. The summed E-state index contributed by atoms with van der Waals surface area (Å²) in [4.78, 5) is 24.3. The molecule has 1 aliphatic carbocycles. The standard InChI is InChI=1S/C16H15BrN2O3S/c17-13-8-12(23-10-18)5-6-14(13)19-15(20)9-22-16(21)7-11-3-1-2-4-11/h1,3,5-6,8,11H,2,4,7,9H2,(H,19,20)/t11-/m0/s1. The van der Waals surface area contributed by atoms with Gasteiger partial charge in [0, 0.05) is 9.37 Å². The fraction of sp³-hybridized carbons (Fsp3) is 0.312. The summed E-state index contributed by atoms with van der Waals surface area (Å²) in [6.07, 6.45) is 6.33. The van der Waals surface area contributed by atoms with Crippen LogP contribution < -0.4 is 5.32 Å². The van der Waals surface area contributed by atoms with E-state index in [0.717, 1.165) is 29.5 Å². The Bertz CT molecular complexity index is 670. The van der Waals surface area contributed by atoms with Crippen LogP contribution in [0.15, 0.2) is 39.7 Å². The Labute approximate surface area is 147 Å². The fourth-order valence-corrected chi connectivity index (χ4v) is 3.23. The number of amides is 1. The lowest BCUT2D eigenvalue weighted by Crippen LogP contribution is -2.21. The van der Waals surface area contributed by atoms with Gasteiger partial charge in [-0.1, -0.05) is 12.2 Å². The molecule has 120 valence electrons. The lowest BCUT2D eigenvalue weighted by Gasteiger charge is -2.10. The van der Waals surface area contributed by atoms with Gasteiger partial charge < -0.3 is 10.1 Å². The van der Waals surface area contributed by atoms with Crippen molar-refractivity contribution in [1.29, 1.82) is 5.26 Å². The monoisotopic (exact) mass is 394 g/mol. The van der Waals surface area contributed by atoms with Crippen molar-refractivity contribution in [1.82, 2.24) is 0 Å². The Kier molecular flexibility index (Phi) is 6.68. The number of halogens is 1. The van der Waals surface area contributed by atoms with E-state index in [0.29, 0.717) is 16.6 Å². The zero-order valence-corrected chi connectivity index (χ0v) is 14.7. The van der Waals surface area contributed by atoms with Gasteiger partial charge in [0.05, 0.1) is 12.1 Å². The second-order valence-corrected chi connectivity index (χ2v) is 6.73. The number of thioether (sulfide) groups is 1. The number of allylic oxidation sites excluding steroid dienone is 2. The van der Waals surface area contributed by atoms with Crippen molar-refractivity contribution in [2.75, 3.05) is 11.9 Å². The Balaban J connectivity index is 1.79. The number of ether oxygens (including phenoxy) is 1. The van der Waals surface area contributed by atoms with E-state index in [4.69, 9.17) is 10.00 Å². The molecule has 1 aromatic rings. The summed E-state index contributed by atoms with van der Waals surface area (Å²) in [6, 6.07) is 5.15. The molecule has 1 atom stereocenters. The number of hydrogen-bond acceptors (Lipinski definition) is 5. The van der Waals surface area contributed by atoms with E-state index in [1.54, 1.807) is 18.2 Å². The molecular formula is C16H15BrN2O3S. The Hall–Kier alpha value is -1.78. The van der Waals surface area contributed by atoms with E-state index >= 15 is 0 Å². The zero-order chi connectivity index (χ0) is 16.7. The third kappa shape index (κ3) is 5.73.